The third kappa shape index (κ3) is 3.07. The highest BCUT2D eigenvalue weighted by atomic mass is 35.5. The molecule has 1 amide bonds. The highest BCUT2D eigenvalue weighted by molar-refractivity contribution is 6.35. The SMILES string of the molecule is CC1=C(c2ccccc2)C(=O)N(C(C)(C)c2cc(Cl)c(F)c(Cl)c2)C1. The second kappa shape index (κ2) is 6.47. The van der Waals surface area contributed by atoms with Crippen LogP contribution in [0.2, 0.25) is 10.0 Å². The first-order valence-electron chi connectivity index (χ1n) is 7.95. The van der Waals surface area contributed by atoms with Gasteiger partial charge in [0.2, 0.25) is 0 Å². The summed E-state index contributed by atoms with van der Waals surface area (Å²) in [5.74, 6) is -0.694. The third-order valence-electron chi connectivity index (χ3n) is 4.71. The molecule has 2 aromatic carbocycles. The van der Waals surface area contributed by atoms with Crippen molar-refractivity contribution in [1.29, 1.82) is 0 Å². The van der Waals surface area contributed by atoms with E-state index in [1.165, 1.54) is 12.1 Å². The minimum Gasteiger partial charge on any atom is -0.325 e. The van der Waals surface area contributed by atoms with Crippen molar-refractivity contribution in [3.8, 4) is 0 Å². The maximum Gasteiger partial charge on any atom is 0.255 e. The van der Waals surface area contributed by atoms with E-state index in [4.69, 9.17) is 23.2 Å². The molecule has 1 heterocycles. The van der Waals surface area contributed by atoms with E-state index in [2.05, 4.69) is 0 Å². The van der Waals surface area contributed by atoms with Crippen LogP contribution in [0.5, 0.6) is 0 Å². The second-order valence-electron chi connectivity index (χ2n) is 6.73. The van der Waals surface area contributed by atoms with E-state index in [0.29, 0.717) is 17.7 Å². The molecule has 0 spiro atoms. The van der Waals surface area contributed by atoms with Gasteiger partial charge in [-0.2, -0.15) is 0 Å². The minimum atomic E-state index is -0.685. The lowest BCUT2D eigenvalue weighted by molar-refractivity contribution is -0.128. The molecule has 25 heavy (non-hydrogen) atoms. The Morgan fingerprint density at radius 1 is 1.08 bits per heavy atom. The standard InChI is InChI=1S/C20H18Cl2FNO/c1-12-11-24(19(25)17(12)13-7-5-4-6-8-13)20(2,3)14-9-15(21)18(23)16(22)10-14/h4-10H,11H2,1-3H3. The summed E-state index contributed by atoms with van der Waals surface area (Å²) in [4.78, 5) is 14.9. The molecule has 0 radical (unpaired) electrons. The van der Waals surface area contributed by atoms with Crippen LogP contribution >= 0.6 is 23.2 Å². The number of hydrogen-bond acceptors (Lipinski definition) is 1. The Morgan fingerprint density at radius 2 is 1.64 bits per heavy atom. The molecule has 0 atom stereocenters. The van der Waals surface area contributed by atoms with Gasteiger partial charge in [-0.15, -0.1) is 0 Å². The normalized spacial score (nSPS) is 15.3. The van der Waals surface area contributed by atoms with E-state index in [1.54, 1.807) is 4.90 Å². The lowest BCUT2D eigenvalue weighted by Gasteiger charge is -2.37. The molecule has 0 saturated heterocycles. The van der Waals surface area contributed by atoms with Crippen molar-refractivity contribution in [2.75, 3.05) is 6.54 Å². The summed E-state index contributed by atoms with van der Waals surface area (Å²) >= 11 is 11.9. The summed E-state index contributed by atoms with van der Waals surface area (Å²) < 4.78 is 13.7. The number of halogens is 3. The van der Waals surface area contributed by atoms with Gasteiger partial charge in [-0.3, -0.25) is 4.79 Å². The average molecular weight is 378 g/mol. The maximum atomic E-state index is 13.7. The topological polar surface area (TPSA) is 20.3 Å². The zero-order valence-corrected chi connectivity index (χ0v) is 15.7. The quantitative estimate of drug-likeness (QED) is 0.629. The number of carbonyl (C=O) groups excluding carboxylic acids is 1. The molecule has 0 bridgehead atoms. The van der Waals surface area contributed by atoms with E-state index in [9.17, 15) is 9.18 Å². The van der Waals surface area contributed by atoms with Crippen molar-refractivity contribution in [3.05, 3.63) is 75.0 Å². The molecule has 2 aromatic rings. The predicted molar refractivity (Wildman–Crippen MR) is 100 cm³/mol. The first-order valence-corrected chi connectivity index (χ1v) is 8.71. The van der Waals surface area contributed by atoms with Crippen molar-refractivity contribution in [3.63, 3.8) is 0 Å². The number of carbonyl (C=O) groups is 1. The molecule has 0 saturated carbocycles. The van der Waals surface area contributed by atoms with Crippen LogP contribution in [0.25, 0.3) is 5.57 Å². The molecule has 5 heteroatoms. The van der Waals surface area contributed by atoms with Gasteiger partial charge in [0.1, 0.15) is 0 Å². The van der Waals surface area contributed by atoms with Gasteiger partial charge in [0, 0.05) is 12.1 Å². The van der Waals surface area contributed by atoms with Crippen LogP contribution < -0.4 is 0 Å². The van der Waals surface area contributed by atoms with Crippen molar-refractivity contribution < 1.29 is 9.18 Å². The number of amides is 1. The zero-order chi connectivity index (χ0) is 18.4. The summed E-state index contributed by atoms with van der Waals surface area (Å²) in [6.45, 7) is 6.28. The van der Waals surface area contributed by atoms with Gasteiger partial charge < -0.3 is 4.90 Å². The number of nitrogens with zero attached hydrogens (tertiary/aromatic N) is 1. The Kier molecular flexibility index (Phi) is 4.65. The summed E-state index contributed by atoms with van der Waals surface area (Å²) in [6.07, 6.45) is 0. The van der Waals surface area contributed by atoms with Gasteiger partial charge in [0.25, 0.3) is 5.91 Å². The van der Waals surface area contributed by atoms with Crippen molar-refractivity contribution >= 4 is 34.7 Å². The second-order valence-corrected chi connectivity index (χ2v) is 7.54. The van der Waals surface area contributed by atoms with Crippen LogP contribution in [0, 0.1) is 5.82 Å². The molecule has 0 fully saturated rings. The lowest BCUT2D eigenvalue weighted by Crippen LogP contribution is -2.43. The molecule has 1 aliphatic heterocycles. The number of benzene rings is 2. The van der Waals surface area contributed by atoms with Crippen molar-refractivity contribution in [1.82, 2.24) is 4.90 Å². The fourth-order valence-corrected chi connectivity index (χ4v) is 3.68. The van der Waals surface area contributed by atoms with Crippen LogP contribution in [0.4, 0.5) is 4.39 Å². The van der Waals surface area contributed by atoms with Crippen molar-refractivity contribution in [2.45, 2.75) is 26.3 Å². The lowest BCUT2D eigenvalue weighted by atomic mass is 9.92. The van der Waals surface area contributed by atoms with Gasteiger partial charge in [-0.05, 0) is 49.6 Å². The molecule has 0 aromatic heterocycles. The molecule has 0 N–H and O–H groups in total. The molecule has 2 nitrogen and oxygen atoms in total. The summed E-state index contributed by atoms with van der Waals surface area (Å²) in [5.41, 5.74) is 2.63. The minimum absolute atomic E-state index is 0.0461. The van der Waals surface area contributed by atoms with Crippen LogP contribution in [0.1, 0.15) is 31.9 Å². The first kappa shape index (κ1) is 18.0. The fourth-order valence-electron chi connectivity index (χ4n) is 3.20. The van der Waals surface area contributed by atoms with E-state index in [1.807, 2.05) is 51.1 Å². The molecule has 130 valence electrons. The third-order valence-corrected chi connectivity index (χ3v) is 5.26. The van der Waals surface area contributed by atoms with Gasteiger partial charge in [0.05, 0.1) is 15.6 Å². The highest BCUT2D eigenvalue weighted by Gasteiger charge is 2.39. The summed E-state index contributed by atoms with van der Waals surface area (Å²) in [7, 11) is 0. The monoisotopic (exact) mass is 377 g/mol. The van der Waals surface area contributed by atoms with Crippen LogP contribution in [-0.2, 0) is 10.3 Å². The Labute approximate surface area is 156 Å². The van der Waals surface area contributed by atoms with Crippen LogP contribution in [0.3, 0.4) is 0 Å². The number of rotatable bonds is 3. The molecule has 1 aliphatic rings. The molecular formula is C20H18Cl2FNO. The first-order chi connectivity index (χ1) is 11.7. The fraction of sp³-hybridized carbons (Fsp3) is 0.250. The van der Waals surface area contributed by atoms with E-state index >= 15 is 0 Å². The van der Waals surface area contributed by atoms with Crippen molar-refractivity contribution in [2.24, 2.45) is 0 Å². The van der Waals surface area contributed by atoms with Crippen LogP contribution in [0.15, 0.2) is 48.0 Å². The van der Waals surface area contributed by atoms with E-state index in [0.717, 1.165) is 11.1 Å². The van der Waals surface area contributed by atoms with Gasteiger partial charge >= 0.3 is 0 Å². The molecule has 0 unspecified atom stereocenters. The summed E-state index contributed by atoms with van der Waals surface area (Å²) in [5, 5.41) is -0.0923. The van der Waals surface area contributed by atoms with Crippen LogP contribution in [-0.4, -0.2) is 17.4 Å². The molecule has 0 aliphatic carbocycles. The highest BCUT2D eigenvalue weighted by Crippen LogP contribution is 2.39. The molecular weight excluding hydrogens is 360 g/mol. The Bertz CT molecular complexity index is 852. The van der Waals surface area contributed by atoms with E-state index in [-0.39, 0.29) is 16.0 Å². The number of hydrogen-bond donors (Lipinski definition) is 0. The predicted octanol–water partition coefficient (Wildman–Crippen LogP) is 5.68. The van der Waals surface area contributed by atoms with Gasteiger partial charge in [0.15, 0.2) is 5.82 Å². The van der Waals surface area contributed by atoms with Gasteiger partial charge in [-0.1, -0.05) is 53.5 Å². The smallest absolute Gasteiger partial charge is 0.255 e. The largest absolute Gasteiger partial charge is 0.325 e. The maximum absolute atomic E-state index is 13.7. The Morgan fingerprint density at radius 3 is 2.20 bits per heavy atom. The summed E-state index contributed by atoms with van der Waals surface area (Å²) in [6, 6.07) is 12.7. The Balaban J connectivity index is 1.99. The molecule has 3 rings (SSSR count). The van der Waals surface area contributed by atoms with E-state index < -0.39 is 11.4 Å². The Hall–Kier alpha value is -1.84. The average Bonchev–Trinajstić information content (AvgIpc) is 2.88. The zero-order valence-electron chi connectivity index (χ0n) is 14.2. The van der Waals surface area contributed by atoms with Gasteiger partial charge in [-0.25, -0.2) is 4.39 Å².